The Balaban J connectivity index is 2.16. The van der Waals surface area contributed by atoms with Crippen LogP contribution in [-0.4, -0.2) is 29.6 Å². The first-order valence-electron chi connectivity index (χ1n) is 7.59. The number of rotatable bonds is 4. The third kappa shape index (κ3) is 2.99. The summed E-state index contributed by atoms with van der Waals surface area (Å²) in [7, 11) is 1.30. The van der Waals surface area contributed by atoms with Crippen LogP contribution in [0, 0.1) is 5.92 Å². The minimum atomic E-state index is -1.07. The average molecular weight is 305 g/mol. The van der Waals surface area contributed by atoms with Crippen molar-refractivity contribution < 1.29 is 19.4 Å². The summed E-state index contributed by atoms with van der Waals surface area (Å²) >= 11 is 0. The minimum absolute atomic E-state index is 0.309. The molecular weight excluding hydrogens is 282 g/mol. The third-order valence-electron chi connectivity index (χ3n) is 4.56. The molecule has 0 aliphatic heterocycles. The van der Waals surface area contributed by atoms with Crippen LogP contribution in [-0.2, 0) is 20.7 Å². The van der Waals surface area contributed by atoms with E-state index in [0.717, 1.165) is 17.5 Å². The lowest BCUT2D eigenvalue weighted by Crippen LogP contribution is -2.54. The fourth-order valence-corrected chi connectivity index (χ4v) is 2.88. The van der Waals surface area contributed by atoms with E-state index >= 15 is 0 Å². The zero-order chi connectivity index (χ0) is 16.3. The predicted molar refractivity (Wildman–Crippen MR) is 82.1 cm³/mol. The lowest BCUT2D eigenvalue weighted by Gasteiger charge is -2.33. The van der Waals surface area contributed by atoms with E-state index in [2.05, 4.69) is 5.32 Å². The van der Waals surface area contributed by atoms with Gasteiger partial charge in [-0.25, -0.2) is 4.79 Å². The lowest BCUT2D eigenvalue weighted by atomic mass is 9.80. The van der Waals surface area contributed by atoms with Crippen molar-refractivity contribution in [3.63, 3.8) is 0 Å². The number of carbonyl (C=O) groups excluding carboxylic acids is 2. The molecule has 2 N–H and O–H groups in total. The van der Waals surface area contributed by atoms with Crippen LogP contribution in [0.2, 0.25) is 0 Å². The van der Waals surface area contributed by atoms with Gasteiger partial charge in [0.25, 0.3) is 0 Å². The van der Waals surface area contributed by atoms with Crippen LogP contribution in [0.25, 0.3) is 0 Å². The van der Waals surface area contributed by atoms with Crippen molar-refractivity contribution in [3.05, 3.63) is 35.4 Å². The number of amides is 1. The summed E-state index contributed by atoms with van der Waals surface area (Å²) in [5.74, 6) is -1.34. The van der Waals surface area contributed by atoms with E-state index in [1.54, 1.807) is 6.92 Å². The van der Waals surface area contributed by atoms with Crippen molar-refractivity contribution >= 4 is 11.9 Å². The maximum absolute atomic E-state index is 12.5. The number of fused-ring (bicyclic) bond motifs is 1. The van der Waals surface area contributed by atoms with Crippen molar-refractivity contribution in [3.8, 4) is 0 Å². The molecule has 0 spiro atoms. The van der Waals surface area contributed by atoms with Gasteiger partial charge >= 0.3 is 5.97 Å². The third-order valence-corrected chi connectivity index (χ3v) is 4.56. The summed E-state index contributed by atoms with van der Waals surface area (Å²) in [6.45, 7) is 3.45. The fourth-order valence-electron chi connectivity index (χ4n) is 2.88. The first kappa shape index (κ1) is 16.5. The molecule has 0 fully saturated rings. The van der Waals surface area contributed by atoms with Crippen LogP contribution in [0.4, 0.5) is 0 Å². The van der Waals surface area contributed by atoms with Gasteiger partial charge in [0.1, 0.15) is 5.54 Å². The van der Waals surface area contributed by atoms with Crippen LogP contribution in [0.3, 0.4) is 0 Å². The molecule has 2 rings (SSSR count). The Morgan fingerprint density at radius 3 is 2.73 bits per heavy atom. The van der Waals surface area contributed by atoms with E-state index in [4.69, 9.17) is 4.74 Å². The zero-order valence-electron chi connectivity index (χ0n) is 13.3. The van der Waals surface area contributed by atoms with Crippen molar-refractivity contribution in [1.29, 1.82) is 0 Å². The molecule has 5 heteroatoms. The highest BCUT2D eigenvalue weighted by molar-refractivity contribution is 5.89. The highest BCUT2D eigenvalue weighted by atomic mass is 16.5. The highest BCUT2D eigenvalue weighted by Crippen LogP contribution is 2.34. The SMILES string of the molecule is CCC(C)(NC(=O)C1CCc2ccccc2C1O)C(=O)OC. The zero-order valence-corrected chi connectivity index (χ0v) is 13.3. The Labute approximate surface area is 130 Å². The van der Waals surface area contributed by atoms with Crippen molar-refractivity contribution in [1.82, 2.24) is 5.32 Å². The van der Waals surface area contributed by atoms with Gasteiger partial charge in [-0.15, -0.1) is 0 Å². The topological polar surface area (TPSA) is 75.6 Å². The number of ether oxygens (including phenoxy) is 1. The number of aryl methyl sites for hydroxylation is 1. The number of aliphatic hydroxyl groups is 1. The molecule has 3 atom stereocenters. The lowest BCUT2D eigenvalue weighted by molar-refractivity contribution is -0.151. The van der Waals surface area contributed by atoms with Gasteiger partial charge in [-0.1, -0.05) is 31.2 Å². The maximum Gasteiger partial charge on any atom is 0.331 e. The van der Waals surface area contributed by atoms with E-state index in [1.165, 1.54) is 7.11 Å². The van der Waals surface area contributed by atoms with Gasteiger partial charge in [0.2, 0.25) is 5.91 Å². The Hall–Kier alpha value is -1.88. The van der Waals surface area contributed by atoms with Gasteiger partial charge < -0.3 is 15.2 Å². The van der Waals surface area contributed by atoms with E-state index in [1.807, 2.05) is 31.2 Å². The minimum Gasteiger partial charge on any atom is -0.467 e. The second-order valence-corrected chi connectivity index (χ2v) is 5.96. The van der Waals surface area contributed by atoms with Crippen LogP contribution >= 0.6 is 0 Å². The Morgan fingerprint density at radius 1 is 1.41 bits per heavy atom. The molecular formula is C17H23NO4. The largest absolute Gasteiger partial charge is 0.467 e. The molecule has 1 aromatic rings. The molecule has 1 amide bonds. The summed E-state index contributed by atoms with van der Waals surface area (Å²) in [6, 6.07) is 7.60. The van der Waals surface area contributed by atoms with E-state index in [0.29, 0.717) is 12.8 Å². The Morgan fingerprint density at radius 2 is 2.09 bits per heavy atom. The maximum atomic E-state index is 12.5. The van der Waals surface area contributed by atoms with Gasteiger partial charge in [-0.2, -0.15) is 0 Å². The second kappa shape index (κ2) is 6.48. The smallest absolute Gasteiger partial charge is 0.331 e. The molecule has 3 unspecified atom stereocenters. The number of methoxy groups -OCH3 is 1. The number of benzene rings is 1. The molecule has 120 valence electrons. The molecule has 1 aliphatic rings. The summed E-state index contributed by atoms with van der Waals surface area (Å²) in [5.41, 5.74) is 0.804. The predicted octanol–water partition coefficient (Wildman–Crippen LogP) is 1.74. The van der Waals surface area contributed by atoms with E-state index < -0.39 is 23.5 Å². The second-order valence-electron chi connectivity index (χ2n) is 5.96. The van der Waals surface area contributed by atoms with E-state index in [9.17, 15) is 14.7 Å². The average Bonchev–Trinajstić information content (AvgIpc) is 2.54. The van der Waals surface area contributed by atoms with Gasteiger partial charge in [0.05, 0.1) is 19.1 Å². The highest BCUT2D eigenvalue weighted by Gasteiger charge is 2.39. The van der Waals surface area contributed by atoms with Crippen LogP contribution in [0.15, 0.2) is 24.3 Å². The molecule has 0 aromatic heterocycles. The monoisotopic (exact) mass is 305 g/mol. The standard InChI is InChI=1S/C17H23NO4/c1-4-17(2,16(21)22-3)18-15(20)13-10-9-11-7-5-6-8-12(11)14(13)19/h5-8,13-14,19H,4,9-10H2,1-3H3,(H,18,20). The molecule has 5 nitrogen and oxygen atoms in total. The number of hydrogen-bond acceptors (Lipinski definition) is 4. The summed E-state index contributed by atoms with van der Waals surface area (Å²) in [6.07, 6.45) is 0.881. The molecule has 1 aromatic carbocycles. The van der Waals surface area contributed by atoms with Crippen molar-refractivity contribution in [2.75, 3.05) is 7.11 Å². The Bertz CT molecular complexity index is 572. The summed E-state index contributed by atoms with van der Waals surface area (Å²) in [5, 5.41) is 13.2. The molecule has 0 saturated carbocycles. The number of carbonyl (C=O) groups is 2. The number of hydrogen-bond donors (Lipinski definition) is 2. The summed E-state index contributed by atoms with van der Waals surface area (Å²) < 4.78 is 4.76. The van der Waals surface area contributed by atoms with Crippen molar-refractivity contribution in [2.45, 2.75) is 44.8 Å². The van der Waals surface area contributed by atoms with Gasteiger partial charge in [0.15, 0.2) is 0 Å². The molecule has 0 radical (unpaired) electrons. The molecule has 0 bridgehead atoms. The molecule has 0 heterocycles. The molecule has 1 aliphatic carbocycles. The molecule has 22 heavy (non-hydrogen) atoms. The number of aliphatic hydroxyl groups excluding tert-OH is 1. The van der Waals surface area contributed by atoms with Crippen LogP contribution < -0.4 is 5.32 Å². The van der Waals surface area contributed by atoms with Gasteiger partial charge in [-0.3, -0.25) is 4.79 Å². The van der Waals surface area contributed by atoms with Crippen LogP contribution in [0.1, 0.15) is 43.9 Å². The number of nitrogens with one attached hydrogen (secondary N) is 1. The molecule has 0 saturated heterocycles. The van der Waals surface area contributed by atoms with Crippen LogP contribution in [0.5, 0.6) is 0 Å². The first-order chi connectivity index (χ1) is 10.4. The van der Waals surface area contributed by atoms with Gasteiger partial charge in [-0.05, 0) is 37.3 Å². The normalized spacial score (nSPS) is 23.1. The van der Waals surface area contributed by atoms with Gasteiger partial charge in [0, 0.05) is 0 Å². The quantitative estimate of drug-likeness (QED) is 0.831. The summed E-state index contributed by atoms with van der Waals surface area (Å²) in [4.78, 5) is 24.4. The number of esters is 1. The first-order valence-corrected chi connectivity index (χ1v) is 7.59. The fraction of sp³-hybridized carbons (Fsp3) is 0.529. The van der Waals surface area contributed by atoms with E-state index in [-0.39, 0.29) is 5.91 Å². The van der Waals surface area contributed by atoms with Crippen molar-refractivity contribution in [2.24, 2.45) is 5.92 Å². The Kier molecular flexibility index (Phi) is 4.86.